The molecular weight excluding hydrogens is 164 g/mol. The maximum absolute atomic E-state index is 11.4. The Morgan fingerprint density at radius 1 is 1.69 bits per heavy atom. The molecule has 13 heavy (non-hydrogen) atoms. The van der Waals surface area contributed by atoms with E-state index in [9.17, 15) is 4.79 Å². The second kappa shape index (κ2) is 3.32. The molecule has 0 saturated heterocycles. The molecule has 0 N–H and O–H groups in total. The van der Waals surface area contributed by atoms with E-state index in [1.54, 1.807) is 10.9 Å². The van der Waals surface area contributed by atoms with Crippen molar-refractivity contribution in [2.75, 3.05) is 0 Å². The zero-order valence-corrected chi connectivity index (χ0v) is 7.86. The van der Waals surface area contributed by atoms with Gasteiger partial charge in [-0.05, 0) is 24.3 Å². The van der Waals surface area contributed by atoms with Crippen LogP contribution in [0.5, 0.6) is 0 Å². The van der Waals surface area contributed by atoms with Gasteiger partial charge in [-0.15, -0.1) is 0 Å². The second-order valence-corrected chi connectivity index (χ2v) is 3.89. The molecule has 0 radical (unpaired) electrons. The van der Waals surface area contributed by atoms with Gasteiger partial charge in [0.15, 0.2) is 0 Å². The van der Waals surface area contributed by atoms with Crippen LogP contribution >= 0.6 is 0 Å². The first-order valence-electron chi connectivity index (χ1n) is 4.73. The largest absolute Gasteiger partial charge is 0.299 e. The lowest BCUT2D eigenvalue weighted by molar-refractivity contribution is -0.118. The SMILES string of the molecule is Cn1cc(CC(=O)CC2CC2)cn1. The first-order chi connectivity index (χ1) is 6.24. The van der Waals surface area contributed by atoms with E-state index < -0.39 is 0 Å². The Kier molecular flexibility index (Phi) is 2.17. The third-order valence-electron chi connectivity index (χ3n) is 2.37. The van der Waals surface area contributed by atoms with Gasteiger partial charge in [-0.1, -0.05) is 0 Å². The summed E-state index contributed by atoms with van der Waals surface area (Å²) in [5, 5.41) is 4.03. The van der Waals surface area contributed by atoms with Gasteiger partial charge >= 0.3 is 0 Å². The smallest absolute Gasteiger partial charge is 0.137 e. The predicted octanol–water partition coefficient (Wildman–Crippen LogP) is 1.33. The van der Waals surface area contributed by atoms with Crippen LogP contribution in [0.1, 0.15) is 24.8 Å². The fourth-order valence-corrected chi connectivity index (χ4v) is 1.51. The van der Waals surface area contributed by atoms with Gasteiger partial charge in [0.1, 0.15) is 5.78 Å². The van der Waals surface area contributed by atoms with Crippen molar-refractivity contribution < 1.29 is 4.79 Å². The number of Topliss-reactive ketones (excluding diaryl/α,β-unsaturated/α-hetero) is 1. The molecule has 0 aromatic carbocycles. The molecule has 1 aliphatic carbocycles. The number of ketones is 1. The van der Waals surface area contributed by atoms with Crippen LogP contribution < -0.4 is 0 Å². The highest BCUT2D eigenvalue weighted by Crippen LogP contribution is 2.32. The monoisotopic (exact) mass is 178 g/mol. The number of rotatable bonds is 4. The molecule has 1 fully saturated rings. The summed E-state index contributed by atoms with van der Waals surface area (Å²) in [6, 6.07) is 0. The van der Waals surface area contributed by atoms with Crippen LogP contribution in [0.25, 0.3) is 0 Å². The molecule has 0 unspecified atom stereocenters. The Balaban J connectivity index is 1.85. The molecular formula is C10H14N2O. The summed E-state index contributed by atoms with van der Waals surface area (Å²) >= 11 is 0. The van der Waals surface area contributed by atoms with E-state index in [1.807, 2.05) is 13.2 Å². The molecule has 1 heterocycles. The van der Waals surface area contributed by atoms with Crippen molar-refractivity contribution in [3.05, 3.63) is 18.0 Å². The minimum Gasteiger partial charge on any atom is -0.299 e. The topological polar surface area (TPSA) is 34.9 Å². The maximum atomic E-state index is 11.4. The van der Waals surface area contributed by atoms with E-state index in [0.29, 0.717) is 18.1 Å². The molecule has 0 amide bonds. The minimum absolute atomic E-state index is 0.357. The predicted molar refractivity (Wildman–Crippen MR) is 49.3 cm³/mol. The fourth-order valence-electron chi connectivity index (χ4n) is 1.51. The third-order valence-corrected chi connectivity index (χ3v) is 2.37. The van der Waals surface area contributed by atoms with Crippen molar-refractivity contribution in [2.24, 2.45) is 13.0 Å². The lowest BCUT2D eigenvalue weighted by atomic mass is 10.1. The van der Waals surface area contributed by atoms with Crippen LogP contribution in [-0.2, 0) is 18.3 Å². The molecule has 0 bridgehead atoms. The van der Waals surface area contributed by atoms with Crippen LogP contribution in [0.4, 0.5) is 0 Å². The molecule has 1 aliphatic rings. The molecule has 70 valence electrons. The van der Waals surface area contributed by atoms with E-state index in [1.165, 1.54) is 12.8 Å². The summed E-state index contributed by atoms with van der Waals surface area (Å²) in [7, 11) is 1.87. The van der Waals surface area contributed by atoms with Crippen molar-refractivity contribution in [1.29, 1.82) is 0 Å². The molecule has 3 nitrogen and oxygen atoms in total. The summed E-state index contributed by atoms with van der Waals surface area (Å²) in [4.78, 5) is 11.4. The standard InChI is InChI=1S/C10H14N2O/c1-12-7-9(6-11-12)5-10(13)4-8-2-3-8/h6-8H,2-5H2,1H3. The van der Waals surface area contributed by atoms with Gasteiger partial charge in [0.2, 0.25) is 0 Å². The zero-order valence-electron chi connectivity index (χ0n) is 7.86. The van der Waals surface area contributed by atoms with E-state index in [2.05, 4.69) is 5.10 Å². The van der Waals surface area contributed by atoms with E-state index in [0.717, 1.165) is 12.0 Å². The van der Waals surface area contributed by atoms with Gasteiger partial charge in [-0.3, -0.25) is 9.48 Å². The molecule has 0 aliphatic heterocycles. The van der Waals surface area contributed by atoms with Crippen molar-refractivity contribution in [2.45, 2.75) is 25.7 Å². The van der Waals surface area contributed by atoms with Gasteiger partial charge in [-0.2, -0.15) is 5.10 Å². The zero-order chi connectivity index (χ0) is 9.26. The van der Waals surface area contributed by atoms with Crippen molar-refractivity contribution >= 4 is 5.78 Å². The van der Waals surface area contributed by atoms with Gasteiger partial charge < -0.3 is 0 Å². The summed E-state index contributed by atoms with van der Waals surface area (Å²) in [6.07, 6.45) is 7.51. The van der Waals surface area contributed by atoms with E-state index >= 15 is 0 Å². The lowest BCUT2D eigenvalue weighted by Gasteiger charge is -1.95. The van der Waals surface area contributed by atoms with Crippen molar-refractivity contribution in [3.8, 4) is 0 Å². The van der Waals surface area contributed by atoms with Crippen LogP contribution in [-0.4, -0.2) is 15.6 Å². The highest BCUT2D eigenvalue weighted by Gasteiger charge is 2.24. The first kappa shape index (κ1) is 8.48. The number of aromatic nitrogens is 2. The van der Waals surface area contributed by atoms with Gasteiger partial charge in [0.05, 0.1) is 6.20 Å². The number of carbonyl (C=O) groups is 1. The van der Waals surface area contributed by atoms with Crippen LogP contribution in [0.2, 0.25) is 0 Å². The lowest BCUT2D eigenvalue weighted by Crippen LogP contribution is -2.02. The summed E-state index contributed by atoms with van der Waals surface area (Å²) in [5.74, 6) is 1.06. The molecule has 1 aromatic heterocycles. The fraction of sp³-hybridized carbons (Fsp3) is 0.600. The molecule has 1 aromatic rings. The van der Waals surface area contributed by atoms with Crippen molar-refractivity contribution in [1.82, 2.24) is 9.78 Å². The van der Waals surface area contributed by atoms with E-state index in [-0.39, 0.29) is 0 Å². The highest BCUT2D eigenvalue weighted by atomic mass is 16.1. The Labute approximate surface area is 77.7 Å². The molecule has 0 atom stereocenters. The summed E-state index contributed by atoms with van der Waals surface area (Å²) in [5.41, 5.74) is 1.04. The van der Waals surface area contributed by atoms with Crippen LogP contribution in [0, 0.1) is 5.92 Å². The summed E-state index contributed by atoms with van der Waals surface area (Å²) in [6.45, 7) is 0. The molecule has 3 heteroatoms. The first-order valence-corrected chi connectivity index (χ1v) is 4.73. The maximum Gasteiger partial charge on any atom is 0.137 e. The molecule has 2 rings (SSSR count). The van der Waals surface area contributed by atoms with Crippen LogP contribution in [0.3, 0.4) is 0 Å². The van der Waals surface area contributed by atoms with Crippen molar-refractivity contribution in [3.63, 3.8) is 0 Å². The number of carbonyl (C=O) groups excluding carboxylic acids is 1. The average molecular weight is 178 g/mol. The number of aryl methyl sites for hydroxylation is 1. The summed E-state index contributed by atoms with van der Waals surface area (Å²) < 4.78 is 1.74. The molecule has 1 saturated carbocycles. The normalized spacial score (nSPS) is 16.1. The highest BCUT2D eigenvalue weighted by molar-refractivity contribution is 5.81. The minimum atomic E-state index is 0.357. The number of hydrogen-bond acceptors (Lipinski definition) is 2. The van der Waals surface area contributed by atoms with Gasteiger partial charge in [-0.25, -0.2) is 0 Å². The Bertz CT molecular complexity index is 312. The quantitative estimate of drug-likeness (QED) is 0.697. The van der Waals surface area contributed by atoms with Crippen LogP contribution in [0.15, 0.2) is 12.4 Å². The Morgan fingerprint density at radius 2 is 2.46 bits per heavy atom. The Hall–Kier alpha value is -1.12. The van der Waals surface area contributed by atoms with E-state index in [4.69, 9.17) is 0 Å². The average Bonchev–Trinajstić information content (AvgIpc) is 2.76. The number of hydrogen-bond donors (Lipinski definition) is 0. The Morgan fingerprint density at radius 3 is 3.00 bits per heavy atom. The number of nitrogens with zero attached hydrogens (tertiary/aromatic N) is 2. The molecule has 0 spiro atoms. The van der Waals surface area contributed by atoms with Gasteiger partial charge in [0.25, 0.3) is 0 Å². The third kappa shape index (κ3) is 2.41. The van der Waals surface area contributed by atoms with Gasteiger partial charge in [0, 0.05) is 26.1 Å². The second-order valence-electron chi connectivity index (χ2n) is 3.89.